The number of carbonyl (C=O) groups is 1. The molecule has 0 aromatic carbocycles. The molecule has 7 N–H and O–H groups in total. The number of nitrogens with two attached hydrogens (primary N) is 1. The summed E-state index contributed by atoms with van der Waals surface area (Å²) in [5.41, 5.74) is 2.22. The lowest BCUT2D eigenvalue weighted by molar-refractivity contribution is -0.287. The van der Waals surface area contributed by atoms with E-state index in [4.69, 9.17) is 20.3 Å². The molecule has 2 heterocycles. The summed E-state index contributed by atoms with van der Waals surface area (Å²) in [5, 5.41) is 53.3. The number of ether oxygens (including phenoxy) is 2. The van der Waals surface area contributed by atoms with Crippen molar-refractivity contribution in [2.75, 3.05) is 18.1 Å². The average molecular weight is 417 g/mol. The number of aliphatic carboxylic acids is 1. The van der Waals surface area contributed by atoms with Crippen molar-refractivity contribution in [3.63, 3.8) is 0 Å². The van der Waals surface area contributed by atoms with Crippen LogP contribution in [-0.4, -0.2) is 91.5 Å². The van der Waals surface area contributed by atoms with Crippen LogP contribution >= 0.6 is 11.8 Å². The highest BCUT2D eigenvalue weighted by Crippen LogP contribution is 2.70. The molecule has 0 aromatic heterocycles. The summed E-state index contributed by atoms with van der Waals surface area (Å²) in [5.74, 6) is -2.85. The molecule has 2 saturated heterocycles. The van der Waals surface area contributed by atoms with Crippen molar-refractivity contribution in [1.82, 2.24) is 0 Å². The Morgan fingerprint density at radius 2 is 2.11 bits per heavy atom. The predicted molar refractivity (Wildman–Crippen MR) is 98.4 cm³/mol. The molecule has 10 heteroatoms. The lowest BCUT2D eigenvalue weighted by Gasteiger charge is -2.61. The van der Waals surface area contributed by atoms with Crippen molar-refractivity contribution in [2.45, 2.75) is 62.1 Å². The molecule has 9 atom stereocenters. The Morgan fingerprint density at radius 3 is 2.75 bits per heavy atom. The highest BCUT2D eigenvalue weighted by atomic mass is 32.2. The van der Waals surface area contributed by atoms with Crippen molar-refractivity contribution >= 4 is 17.7 Å². The lowest BCUT2D eigenvalue weighted by atomic mass is 9.50. The van der Waals surface area contributed by atoms with E-state index in [0.29, 0.717) is 5.57 Å². The Balaban J connectivity index is 1.71. The molecule has 0 aromatic rings. The van der Waals surface area contributed by atoms with Gasteiger partial charge in [0.25, 0.3) is 0 Å². The van der Waals surface area contributed by atoms with Gasteiger partial charge in [0.2, 0.25) is 5.79 Å². The summed E-state index contributed by atoms with van der Waals surface area (Å²) in [4.78, 5) is 11.0. The van der Waals surface area contributed by atoms with Crippen LogP contribution in [0.25, 0.3) is 0 Å². The van der Waals surface area contributed by atoms with Gasteiger partial charge in [-0.15, -0.1) is 0 Å². The van der Waals surface area contributed by atoms with Gasteiger partial charge in [0, 0.05) is 16.9 Å². The highest BCUT2D eigenvalue weighted by Gasteiger charge is 2.81. The van der Waals surface area contributed by atoms with Crippen molar-refractivity contribution in [3.05, 3.63) is 11.6 Å². The van der Waals surface area contributed by atoms with Gasteiger partial charge in [0.1, 0.15) is 23.9 Å². The number of hydrogen-bond acceptors (Lipinski definition) is 9. The molecular weight excluding hydrogens is 390 g/mol. The molecule has 9 nitrogen and oxygen atoms in total. The van der Waals surface area contributed by atoms with Crippen LogP contribution in [-0.2, 0) is 14.3 Å². The Morgan fingerprint density at radius 1 is 1.43 bits per heavy atom. The SMILES string of the molecule is CC1=C[C@H]2O[C@@H]3[C@H](O)C[C@](C)([C@]24CO[C@@]1(O)[C@H]4O)[C@]3(O)CSC[C@H](N)C(=O)O. The third kappa shape index (κ3) is 2.20. The van der Waals surface area contributed by atoms with Gasteiger partial charge in [-0.3, -0.25) is 4.79 Å². The minimum atomic E-state index is -1.86. The molecule has 2 aliphatic heterocycles. The number of aliphatic hydroxyl groups is 4. The van der Waals surface area contributed by atoms with Crippen molar-refractivity contribution in [1.29, 1.82) is 0 Å². The van der Waals surface area contributed by atoms with Crippen LogP contribution in [0.3, 0.4) is 0 Å². The van der Waals surface area contributed by atoms with Crippen LogP contribution in [0.5, 0.6) is 0 Å². The molecule has 158 valence electrons. The normalized spacial score (nSPS) is 52.9. The highest BCUT2D eigenvalue weighted by molar-refractivity contribution is 7.99. The Labute approximate surface area is 166 Å². The van der Waals surface area contributed by atoms with Crippen LogP contribution in [0.15, 0.2) is 11.6 Å². The number of rotatable bonds is 5. The van der Waals surface area contributed by atoms with Gasteiger partial charge in [-0.05, 0) is 18.9 Å². The fourth-order valence-electron chi connectivity index (χ4n) is 5.68. The van der Waals surface area contributed by atoms with E-state index >= 15 is 0 Å². The zero-order valence-corrected chi connectivity index (χ0v) is 16.6. The summed E-state index contributed by atoms with van der Waals surface area (Å²) < 4.78 is 11.7. The monoisotopic (exact) mass is 417 g/mol. The van der Waals surface area contributed by atoms with Crippen molar-refractivity contribution in [2.24, 2.45) is 16.6 Å². The predicted octanol–water partition coefficient (Wildman–Crippen LogP) is -1.57. The fourth-order valence-corrected chi connectivity index (χ4v) is 6.99. The zero-order valence-electron chi connectivity index (χ0n) is 15.7. The number of hydrogen-bond donors (Lipinski definition) is 6. The summed E-state index contributed by atoms with van der Waals surface area (Å²) in [6.45, 7) is 3.38. The van der Waals surface area contributed by atoms with Gasteiger partial charge < -0.3 is 40.7 Å². The molecule has 0 unspecified atom stereocenters. The van der Waals surface area contributed by atoms with Crippen LogP contribution in [0.4, 0.5) is 0 Å². The standard InChI is InChI=1S/C18H27NO8S/c1-8-3-11-16(6-26-18(8,25)14(16)23)15(2)4-10(20)12(27-11)17(15,24)7-28-5-9(19)13(21)22/h3,9-12,14,20,23-25H,4-7,19H2,1-2H3,(H,21,22)/t9-,10+,11+,12+,14-,15+,16+,17-,18+/m0/s1. The van der Waals surface area contributed by atoms with E-state index < -0.39 is 58.6 Å². The third-order valence-corrected chi connectivity index (χ3v) is 8.75. The fraction of sp³-hybridized carbons (Fsp3) is 0.833. The van der Waals surface area contributed by atoms with Crippen molar-refractivity contribution < 1.29 is 39.8 Å². The molecule has 1 saturated carbocycles. The first kappa shape index (κ1) is 20.5. The Bertz CT molecular complexity index is 734. The molecule has 4 aliphatic rings. The largest absolute Gasteiger partial charge is 0.480 e. The van der Waals surface area contributed by atoms with E-state index in [1.165, 1.54) is 0 Å². The maximum atomic E-state index is 11.7. The minimum Gasteiger partial charge on any atom is -0.480 e. The van der Waals surface area contributed by atoms with E-state index in [2.05, 4.69) is 0 Å². The summed E-state index contributed by atoms with van der Waals surface area (Å²) in [6.07, 6.45) is -2.01. The van der Waals surface area contributed by atoms with Crippen LogP contribution in [0.2, 0.25) is 0 Å². The summed E-state index contributed by atoms with van der Waals surface area (Å²) in [7, 11) is 0. The molecule has 4 bridgehead atoms. The van der Waals surface area contributed by atoms with Gasteiger partial charge in [0.05, 0.1) is 24.2 Å². The van der Waals surface area contributed by atoms with Gasteiger partial charge in [-0.25, -0.2) is 0 Å². The minimum absolute atomic E-state index is 0.0409. The quantitative estimate of drug-likeness (QED) is 0.288. The van der Waals surface area contributed by atoms with Gasteiger partial charge in [-0.1, -0.05) is 13.0 Å². The summed E-state index contributed by atoms with van der Waals surface area (Å²) in [6, 6.07) is -1.08. The topological polar surface area (TPSA) is 163 Å². The molecule has 0 amide bonds. The van der Waals surface area contributed by atoms with E-state index in [9.17, 15) is 25.2 Å². The number of thioether (sulfide) groups is 1. The number of carboxylic acids is 1. The lowest BCUT2D eigenvalue weighted by Crippen LogP contribution is -2.73. The second kappa shape index (κ2) is 6.14. The first-order valence-corrected chi connectivity index (χ1v) is 10.4. The average Bonchev–Trinajstić information content (AvgIpc) is 2.89. The molecule has 28 heavy (non-hydrogen) atoms. The molecule has 2 aliphatic carbocycles. The maximum absolute atomic E-state index is 11.7. The van der Waals surface area contributed by atoms with Crippen LogP contribution < -0.4 is 5.73 Å². The van der Waals surface area contributed by atoms with Crippen LogP contribution in [0, 0.1) is 10.8 Å². The molecule has 4 rings (SSSR count). The number of fused-ring (bicyclic) bond motifs is 3. The van der Waals surface area contributed by atoms with E-state index in [-0.39, 0.29) is 24.5 Å². The number of aliphatic hydroxyl groups excluding tert-OH is 2. The third-order valence-electron chi connectivity index (χ3n) is 7.51. The first-order chi connectivity index (χ1) is 12.9. The first-order valence-electron chi connectivity index (χ1n) is 9.29. The summed E-state index contributed by atoms with van der Waals surface area (Å²) >= 11 is 1.16. The number of carboxylic acid groups (broad SMARTS) is 1. The van der Waals surface area contributed by atoms with E-state index in [1.54, 1.807) is 19.9 Å². The smallest absolute Gasteiger partial charge is 0.321 e. The van der Waals surface area contributed by atoms with Gasteiger partial charge in [0.15, 0.2) is 0 Å². The van der Waals surface area contributed by atoms with Crippen LogP contribution in [0.1, 0.15) is 20.3 Å². The molecule has 0 radical (unpaired) electrons. The van der Waals surface area contributed by atoms with E-state index in [0.717, 1.165) is 11.8 Å². The van der Waals surface area contributed by atoms with E-state index in [1.807, 2.05) is 0 Å². The van der Waals surface area contributed by atoms with Crippen molar-refractivity contribution in [3.8, 4) is 0 Å². The second-order valence-corrected chi connectivity index (χ2v) is 9.77. The molecular formula is C18H27NO8S. The van der Waals surface area contributed by atoms with Gasteiger partial charge >= 0.3 is 5.97 Å². The Hall–Kier alpha value is -0.720. The molecule has 1 spiro atoms. The van der Waals surface area contributed by atoms with Gasteiger partial charge in [-0.2, -0.15) is 11.8 Å². The Kier molecular flexibility index (Phi) is 4.51. The second-order valence-electron chi connectivity index (χ2n) is 8.74. The maximum Gasteiger partial charge on any atom is 0.321 e. The molecule has 3 fully saturated rings. The zero-order chi connectivity index (χ0) is 20.7.